The predicted molar refractivity (Wildman–Crippen MR) is 130 cm³/mol. The number of anilines is 2. The molecular formula is C23H17F2IN5O+. The first-order valence-electron chi connectivity index (χ1n) is 9.42. The third kappa shape index (κ3) is 4.67. The van der Waals surface area contributed by atoms with Crippen LogP contribution in [0.1, 0.15) is 5.69 Å². The summed E-state index contributed by atoms with van der Waals surface area (Å²) in [5.74, 6) is 4.07. The van der Waals surface area contributed by atoms with Gasteiger partial charge in [0.1, 0.15) is 5.82 Å². The van der Waals surface area contributed by atoms with Crippen LogP contribution in [-0.4, -0.2) is 17.0 Å². The van der Waals surface area contributed by atoms with E-state index in [0.29, 0.717) is 20.7 Å². The minimum atomic E-state index is -0.765. The van der Waals surface area contributed by atoms with Gasteiger partial charge in [-0.05, 0) is 65.1 Å². The van der Waals surface area contributed by atoms with Crippen LogP contribution >= 0.6 is 22.6 Å². The quantitative estimate of drug-likeness (QED) is 0.142. The van der Waals surface area contributed by atoms with Crippen molar-refractivity contribution in [1.82, 2.24) is 0 Å². The number of aromatic amines is 1. The number of phenolic OH excluding ortho intramolecular Hbond substituents is 1. The van der Waals surface area contributed by atoms with Gasteiger partial charge in [0.2, 0.25) is 11.2 Å². The Morgan fingerprint density at radius 1 is 1.03 bits per heavy atom. The zero-order valence-electron chi connectivity index (χ0n) is 16.5. The second-order valence-corrected chi connectivity index (χ2v) is 7.96. The van der Waals surface area contributed by atoms with Crippen molar-refractivity contribution in [2.45, 2.75) is 0 Å². The number of phenols is 1. The van der Waals surface area contributed by atoms with Crippen LogP contribution in [0, 0.1) is 15.2 Å². The molecule has 0 unspecified atom stereocenters. The van der Waals surface area contributed by atoms with Gasteiger partial charge in [-0.15, -0.1) is 0 Å². The van der Waals surface area contributed by atoms with Crippen molar-refractivity contribution in [2.24, 2.45) is 15.9 Å². The van der Waals surface area contributed by atoms with Crippen LogP contribution in [0.5, 0.6) is 5.75 Å². The molecule has 0 saturated carbocycles. The Labute approximate surface area is 195 Å². The summed E-state index contributed by atoms with van der Waals surface area (Å²) < 4.78 is 27.6. The first-order chi connectivity index (χ1) is 15.4. The highest BCUT2D eigenvalue weighted by Crippen LogP contribution is 2.26. The van der Waals surface area contributed by atoms with E-state index in [9.17, 15) is 13.9 Å². The van der Waals surface area contributed by atoms with Crippen LogP contribution in [0.3, 0.4) is 0 Å². The monoisotopic (exact) mass is 544 g/mol. The van der Waals surface area contributed by atoms with E-state index < -0.39 is 11.6 Å². The molecule has 0 bridgehead atoms. The molecule has 1 aromatic heterocycles. The number of halogens is 3. The number of H-pyrrole nitrogens is 1. The van der Waals surface area contributed by atoms with E-state index in [1.165, 1.54) is 24.4 Å². The van der Waals surface area contributed by atoms with Crippen molar-refractivity contribution in [3.8, 4) is 5.75 Å². The number of aromatic hydroxyl groups is 1. The number of nitrogens with one attached hydrogen (secondary N) is 2. The van der Waals surface area contributed by atoms with Crippen LogP contribution < -0.4 is 16.1 Å². The van der Waals surface area contributed by atoms with Gasteiger partial charge in [0.05, 0.1) is 26.5 Å². The lowest BCUT2D eigenvalue weighted by molar-refractivity contribution is -0.346. The van der Waals surface area contributed by atoms with Crippen molar-refractivity contribution in [2.75, 3.05) is 5.32 Å². The molecule has 5 N–H and O–H groups in total. The number of nitrogens with two attached hydrogens (primary N) is 1. The maximum Gasteiger partial charge on any atom is 0.233 e. The average Bonchev–Trinajstić information content (AvgIpc) is 2.79. The molecule has 0 aliphatic carbocycles. The molecule has 6 nitrogen and oxygen atoms in total. The summed E-state index contributed by atoms with van der Waals surface area (Å²) in [6.45, 7) is 0. The summed E-state index contributed by atoms with van der Waals surface area (Å²) in [4.78, 5) is 7.44. The normalized spacial score (nSPS) is 11.9. The summed E-state index contributed by atoms with van der Waals surface area (Å²) in [6, 6.07) is 18.0. The van der Waals surface area contributed by atoms with Gasteiger partial charge in [0.15, 0.2) is 17.3 Å². The molecule has 1 heterocycles. The smallest absolute Gasteiger partial charge is 0.233 e. The first-order valence-corrected chi connectivity index (χ1v) is 10.5. The molecule has 0 atom stereocenters. The topological polar surface area (TPSA) is 97.1 Å². The number of fused-ring (bicyclic) bond motifs is 1. The molecule has 0 aliphatic heterocycles. The molecule has 9 heteroatoms. The van der Waals surface area contributed by atoms with Gasteiger partial charge in [0.25, 0.3) is 0 Å². The second-order valence-electron chi connectivity index (χ2n) is 6.80. The van der Waals surface area contributed by atoms with E-state index in [4.69, 9.17) is 5.84 Å². The summed E-state index contributed by atoms with van der Waals surface area (Å²) in [7, 11) is 0. The Morgan fingerprint density at radius 3 is 2.62 bits per heavy atom. The fourth-order valence-electron chi connectivity index (χ4n) is 3.08. The molecule has 3 aromatic carbocycles. The van der Waals surface area contributed by atoms with Crippen LogP contribution in [0.25, 0.3) is 10.9 Å². The Kier molecular flexibility index (Phi) is 6.26. The van der Waals surface area contributed by atoms with E-state index in [-0.39, 0.29) is 5.82 Å². The van der Waals surface area contributed by atoms with Crippen molar-refractivity contribution < 1.29 is 18.9 Å². The Hall–Kier alpha value is -3.60. The van der Waals surface area contributed by atoms with E-state index in [1.807, 2.05) is 46.9 Å². The van der Waals surface area contributed by atoms with Crippen molar-refractivity contribution >= 4 is 62.5 Å². The minimum Gasteiger partial charge on any atom is -0.505 e. The number of pyridine rings is 1. The van der Waals surface area contributed by atoms with Crippen LogP contribution in [0.15, 0.2) is 76.8 Å². The Bertz CT molecular complexity index is 1370. The highest BCUT2D eigenvalue weighted by atomic mass is 127. The van der Waals surface area contributed by atoms with Crippen LogP contribution in [0.4, 0.5) is 25.8 Å². The number of nitrogens with zero attached hydrogens (tertiary/aromatic N) is 2. The second kappa shape index (κ2) is 9.27. The minimum absolute atomic E-state index is 0.266. The predicted octanol–water partition coefficient (Wildman–Crippen LogP) is 5.05. The number of aromatic nitrogens is 1. The number of benzene rings is 3. The molecule has 0 amide bonds. The van der Waals surface area contributed by atoms with Gasteiger partial charge in [-0.2, -0.15) is 5.10 Å². The number of hydrogen-bond acceptors (Lipinski definition) is 5. The largest absolute Gasteiger partial charge is 0.505 e. The third-order valence-corrected chi connectivity index (χ3v) is 5.50. The summed E-state index contributed by atoms with van der Waals surface area (Å²) in [5.41, 5.74) is 3.69. The zero-order valence-corrected chi connectivity index (χ0v) is 18.6. The maximum atomic E-state index is 13.6. The standard InChI is InChI=1S/C23H16F2IN5O/c24-16-7-4-14(11-18(16)26)29-19-2-1-3-20-15(19)6-8-21(30-20)22(31-27)12-28-13-5-9-23(32)17(25)10-13/h1-12,29,32H,27H2/p+1. The molecule has 0 spiro atoms. The number of hydrazone groups is 1. The molecule has 4 rings (SSSR count). The van der Waals surface area contributed by atoms with E-state index >= 15 is 0 Å². The van der Waals surface area contributed by atoms with Gasteiger partial charge in [-0.25, -0.2) is 13.8 Å². The van der Waals surface area contributed by atoms with Gasteiger partial charge in [0, 0.05) is 23.9 Å². The molecule has 0 radical (unpaired) electrons. The maximum absolute atomic E-state index is 13.6. The van der Waals surface area contributed by atoms with Crippen LogP contribution in [-0.2, 0) is 0 Å². The lowest BCUT2D eigenvalue weighted by Gasteiger charge is -2.09. The van der Waals surface area contributed by atoms with Gasteiger partial charge in [-0.3, -0.25) is 4.99 Å². The van der Waals surface area contributed by atoms with Crippen LogP contribution in [0.2, 0.25) is 0 Å². The van der Waals surface area contributed by atoms with Gasteiger partial charge >= 0.3 is 0 Å². The molecule has 32 heavy (non-hydrogen) atoms. The number of aliphatic imine (C=N–C) groups is 1. The molecule has 0 fully saturated rings. The van der Waals surface area contributed by atoms with Crippen molar-refractivity contribution in [3.63, 3.8) is 0 Å². The highest BCUT2D eigenvalue weighted by Gasteiger charge is 2.14. The van der Waals surface area contributed by atoms with E-state index in [0.717, 1.165) is 28.3 Å². The first kappa shape index (κ1) is 21.6. The fourth-order valence-corrected chi connectivity index (χ4v) is 3.59. The van der Waals surface area contributed by atoms with Crippen molar-refractivity contribution in [1.29, 1.82) is 0 Å². The third-order valence-electron chi connectivity index (χ3n) is 4.67. The van der Waals surface area contributed by atoms with Gasteiger partial charge in [-0.1, -0.05) is 6.07 Å². The van der Waals surface area contributed by atoms with E-state index in [1.54, 1.807) is 18.2 Å². The molecule has 160 valence electrons. The van der Waals surface area contributed by atoms with E-state index in [2.05, 4.69) is 20.4 Å². The molecule has 0 saturated heterocycles. The summed E-state index contributed by atoms with van der Waals surface area (Å²) in [5, 5.41) is 17.3. The number of hydrogen-bond donors (Lipinski definition) is 3. The summed E-state index contributed by atoms with van der Waals surface area (Å²) in [6.07, 6.45) is 1.41. The Balaban J connectivity index is 1.63. The average molecular weight is 544 g/mol. The summed E-state index contributed by atoms with van der Waals surface area (Å²) >= 11 is 1.95. The van der Waals surface area contributed by atoms with Crippen molar-refractivity contribution in [3.05, 3.63) is 87.6 Å². The van der Waals surface area contributed by atoms with Gasteiger partial charge < -0.3 is 16.3 Å². The molecular weight excluding hydrogens is 527 g/mol. The highest BCUT2D eigenvalue weighted by molar-refractivity contribution is 14.1. The molecule has 0 aliphatic rings. The lowest BCUT2D eigenvalue weighted by Crippen LogP contribution is -2.20. The lowest BCUT2D eigenvalue weighted by atomic mass is 10.1. The zero-order chi connectivity index (χ0) is 22.7. The Morgan fingerprint density at radius 2 is 1.88 bits per heavy atom. The SMILES string of the molecule is NN=C(C=Nc1ccc(O)c(F)c1)c1ccc2c(Nc3ccc(F)c(I)c3)cccc2[nH+]1. The molecule has 4 aromatic rings. The number of rotatable bonds is 5. The fraction of sp³-hybridized carbons (Fsp3) is 0.